The second kappa shape index (κ2) is 6.26. The van der Waals surface area contributed by atoms with Crippen molar-refractivity contribution in [2.24, 2.45) is 0 Å². The molecule has 6 aromatic rings. The van der Waals surface area contributed by atoms with Gasteiger partial charge in [0, 0.05) is 16.8 Å². The molecule has 0 saturated heterocycles. The summed E-state index contributed by atoms with van der Waals surface area (Å²) >= 11 is 0. The van der Waals surface area contributed by atoms with Gasteiger partial charge in [-0.25, -0.2) is 0 Å². The van der Waals surface area contributed by atoms with Crippen LogP contribution in [0.2, 0.25) is 0 Å². The summed E-state index contributed by atoms with van der Waals surface area (Å²) in [6.45, 7) is 2.34. The summed E-state index contributed by atoms with van der Waals surface area (Å²) in [5.41, 5.74) is 20.4. The van der Waals surface area contributed by atoms with E-state index in [4.69, 9.17) is 11.5 Å². The Morgan fingerprint density at radius 3 is 1.79 bits per heavy atom. The van der Waals surface area contributed by atoms with Crippen LogP contribution in [0.3, 0.4) is 0 Å². The van der Waals surface area contributed by atoms with Crippen molar-refractivity contribution in [1.82, 2.24) is 0 Å². The molecule has 0 heterocycles. The maximum atomic E-state index is 6.27. The van der Waals surface area contributed by atoms with E-state index in [1.54, 1.807) is 0 Å². The molecule has 0 saturated carbocycles. The number of nitrogens with two attached hydrogens (primary N) is 2. The predicted octanol–water partition coefficient (Wildman–Crippen LogP) is 7.28. The van der Waals surface area contributed by atoms with E-state index in [9.17, 15) is 0 Å². The Balaban J connectivity index is 1.50. The van der Waals surface area contributed by atoms with Crippen molar-refractivity contribution >= 4 is 43.7 Å². The maximum absolute atomic E-state index is 6.27. The van der Waals surface area contributed by atoms with Gasteiger partial charge in [-0.15, -0.1) is 0 Å². The van der Waals surface area contributed by atoms with Crippen LogP contribution in [0, 0.1) is 0 Å². The van der Waals surface area contributed by atoms with Crippen LogP contribution < -0.4 is 11.5 Å². The second-order valence-electron chi connectivity index (χ2n) is 9.70. The van der Waals surface area contributed by atoms with Crippen LogP contribution in [0.5, 0.6) is 0 Å². The van der Waals surface area contributed by atoms with E-state index in [0.29, 0.717) is 0 Å². The van der Waals surface area contributed by atoms with Crippen molar-refractivity contribution in [3.8, 4) is 11.1 Å². The molecule has 0 bridgehead atoms. The molecule has 6 aromatic carbocycles. The summed E-state index contributed by atoms with van der Waals surface area (Å²) in [6, 6.07) is 32.8. The third-order valence-corrected chi connectivity index (χ3v) is 7.73. The lowest BCUT2D eigenvalue weighted by molar-refractivity contribution is 0.586. The van der Waals surface area contributed by atoms with Crippen LogP contribution in [-0.4, -0.2) is 0 Å². The third kappa shape index (κ3) is 2.44. The molecule has 0 radical (unpaired) electrons. The number of rotatable bonds is 2. The van der Waals surface area contributed by atoms with Crippen molar-refractivity contribution < 1.29 is 0 Å². The zero-order valence-corrected chi connectivity index (χ0v) is 18.5. The Kier molecular flexibility index (Phi) is 3.52. The number of hydrogen-bond acceptors (Lipinski definition) is 2. The molecule has 33 heavy (non-hydrogen) atoms. The fourth-order valence-electron chi connectivity index (χ4n) is 6.17. The number of anilines is 2. The van der Waals surface area contributed by atoms with Gasteiger partial charge in [-0.05, 0) is 90.8 Å². The molecule has 0 aliphatic heterocycles. The van der Waals surface area contributed by atoms with Crippen molar-refractivity contribution in [2.45, 2.75) is 18.8 Å². The molecule has 0 spiro atoms. The van der Waals surface area contributed by atoms with Gasteiger partial charge in [-0.1, -0.05) is 73.7 Å². The molecule has 7 rings (SSSR count). The van der Waals surface area contributed by atoms with Crippen LogP contribution in [-0.2, 0) is 11.8 Å². The highest BCUT2D eigenvalue weighted by atomic mass is 14.6. The van der Waals surface area contributed by atoms with E-state index in [2.05, 4.69) is 85.8 Å². The van der Waals surface area contributed by atoms with Gasteiger partial charge in [-0.3, -0.25) is 0 Å². The van der Waals surface area contributed by atoms with Crippen LogP contribution in [0.15, 0.2) is 91.0 Å². The summed E-state index contributed by atoms with van der Waals surface area (Å²) in [5, 5.41) is 7.95. The average Bonchev–Trinajstić information content (AvgIpc) is 3.05. The highest BCUT2D eigenvalue weighted by Gasteiger charge is 2.40. The topological polar surface area (TPSA) is 52.0 Å². The monoisotopic (exact) mass is 424 g/mol. The summed E-state index contributed by atoms with van der Waals surface area (Å²) < 4.78 is 0. The van der Waals surface area contributed by atoms with Crippen LogP contribution in [0.25, 0.3) is 43.4 Å². The fourth-order valence-corrected chi connectivity index (χ4v) is 6.17. The Morgan fingerprint density at radius 1 is 0.606 bits per heavy atom. The fraction of sp³-hybridized carbons (Fsp3) is 0.0968. The Labute approximate surface area is 192 Å². The van der Waals surface area contributed by atoms with E-state index >= 15 is 0 Å². The summed E-state index contributed by atoms with van der Waals surface area (Å²) in [7, 11) is 0. The Bertz CT molecular complexity index is 1660. The summed E-state index contributed by atoms with van der Waals surface area (Å²) in [5.74, 6) is 0. The van der Waals surface area contributed by atoms with Gasteiger partial charge < -0.3 is 11.5 Å². The van der Waals surface area contributed by atoms with Gasteiger partial charge in [-0.2, -0.15) is 0 Å². The summed E-state index contributed by atoms with van der Waals surface area (Å²) in [4.78, 5) is 0. The first-order valence-corrected chi connectivity index (χ1v) is 11.5. The molecule has 0 unspecified atom stereocenters. The molecule has 0 aromatic heterocycles. The molecule has 1 aliphatic carbocycles. The minimum absolute atomic E-state index is 0.210. The molecular weight excluding hydrogens is 400 g/mol. The van der Waals surface area contributed by atoms with Gasteiger partial charge in [0.2, 0.25) is 0 Å². The molecule has 0 fully saturated rings. The molecule has 0 amide bonds. The standard InChI is InChI=1S/C31H24N2/c1-31(27-15-22(32)10-13-25(27)26-14-11-23(33)16-28(26)31)17-21-8-7-20-6-5-18-3-2-4-19-9-12-24(21)30(20)29(18)19/h2-16H,17,32-33H2,1H3. The SMILES string of the molecule is CC1(Cc2ccc3ccc4cccc5ccc2c3c45)c2cc(N)ccc2-c2ccc(N)cc21. The van der Waals surface area contributed by atoms with Gasteiger partial charge >= 0.3 is 0 Å². The largest absolute Gasteiger partial charge is 0.399 e. The first-order valence-electron chi connectivity index (χ1n) is 11.5. The first kappa shape index (κ1) is 18.5. The van der Waals surface area contributed by atoms with Crippen molar-refractivity contribution in [2.75, 3.05) is 11.5 Å². The van der Waals surface area contributed by atoms with E-state index in [1.165, 1.54) is 60.1 Å². The van der Waals surface area contributed by atoms with E-state index in [1.807, 2.05) is 12.1 Å². The van der Waals surface area contributed by atoms with E-state index in [0.717, 1.165) is 17.8 Å². The van der Waals surface area contributed by atoms with Crippen LogP contribution in [0.4, 0.5) is 11.4 Å². The number of nitrogen functional groups attached to an aromatic ring is 2. The smallest absolute Gasteiger partial charge is 0.0317 e. The number of benzene rings is 6. The average molecular weight is 425 g/mol. The number of hydrogen-bond donors (Lipinski definition) is 2. The Hall–Kier alpha value is -4.04. The maximum Gasteiger partial charge on any atom is 0.0317 e. The van der Waals surface area contributed by atoms with E-state index < -0.39 is 0 Å². The minimum atomic E-state index is -0.210. The first-order chi connectivity index (χ1) is 16.0. The molecule has 158 valence electrons. The second-order valence-corrected chi connectivity index (χ2v) is 9.70. The highest BCUT2D eigenvalue weighted by Crippen LogP contribution is 2.52. The molecule has 4 N–H and O–H groups in total. The lowest BCUT2D eigenvalue weighted by Gasteiger charge is -2.29. The normalized spacial score (nSPS) is 14.2. The minimum Gasteiger partial charge on any atom is -0.399 e. The molecule has 1 aliphatic rings. The van der Waals surface area contributed by atoms with E-state index in [-0.39, 0.29) is 5.41 Å². The van der Waals surface area contributed by atoms with Gasteiger partial charge in [0.15, 0.2) is 0 Å². The van der Waals surface area contributed by atoms with Gasteiger partial charge in [0.1, 0.15) is 0 Å². The van der Waals surface area contributed by atoms with Crippen LogP contribution >= 0.6 is 0 Å². The zero-order chi connectivity index (χ0) is 22.3. The third-order valence-electron chi connectivity index (χ3n) is 7.73. The molecular formula is C31H24N2. The highest BCUT2D eigenvalue weighted by molar-refractivity contribution is 6.23. The predicted molar refractivity (Wildman–Crippen MR) is 141 cm³/mol. The molecule has 0 atom stereocenters. The van der Waals surface area contributed by atoms with Crippen molar-refractivity contribution in [3.63, 3.8) is 0 Å². The molecule has 2 heteroatoms. The van der Waals surface area contributed by atoms with Gasteiger partial charge in [0.05, 0.1) is 0 Å². The quantitative estimate of drug-likeness (QED) is 0.227. The lowest BCUT2D eigenvalue weighted by atomic mass is 9.74. The zero-order valence-electron chi connectivity index (χ0n) is 18.5. The van der Waals surface area contributed by atoms with Crippen LogP contribution in [0.1, 0.15) is 23.6 Å². The van der Waals surface area contributed by atoms with Crippen molar-refractivity contribution in [1.29, 1.82) is 0 Å². The number of fused-ring (bicyclic) bond motifs is 3. The van der Waals surface area contributed by atoms with Crippen molar-refractivity contribution in [3.05, 3.63) is 108 Å². The van der Waals surface area contributed by atoms with Gasteiger partial charge in [0.25, 0.3) is 0 Å². The molecule has 2 nitrogen and oxygen atoms in total. The lowest BCUT2D eigenvalue weighted by Crippen LogP contribution is -2.24. The summed E-state index contributed by atoms with van der Waals surface area (Å²) in [6.07, 6.45) is 0.883. The Morgan fingerprint density at radius 2 is 1.15 bits per heavy atom.